The van der Waals surface area contributed by atoms with Crippen molar-refractivity contribution < 1.29 is 4.79 Å². The van der Waals surface area contributed by atoms with Gasteiger partial charge < -0.3 is 11.1 Å². The van der Waals surface area contributed by atoms with Gasteiger partial charge in [0.1, 0.15) is 10.7 Å². The van der Waals surface area contributed by atoms with Gasteiger partial charge in [-0.05, 0) is 26.2 Å². The zero-order valence-electron chi connectivity index (χ0n) is 12.2. The molecule has 0 fully saturated rings. The van der Waals surface area contributed by atoms with Gasteiger partial charge in [-0.3, -0.25) is 9.48 Å². The van der Waals surface area contributed by atoms with E-state index in [0.29, 0.717) is 5.69 Å². The van der Waals surface area contributed by atoms with Crippen molar-refractivity contribution in [2.24, 2.45) is 12.8 Å². The largest absolute Gasteiger partial charge is 0.344 e. The van der Waals surface area contributed by atoms with Gasteiger partial charge >= 0.3 is 0 Å². The normalized spacial score (nSPS) is 19.1. The molecule has 3 rings (SSSR count). The lowest BCUT2D eigenvalue weighted by Crippen LogP contribution is -2.31. The number of rotatable bonds is 3. The maximum Gasteiger partial charge on any atom is 0.271 e. The third kappa shape index (κ3) is 2.71. The number of thiazole rings is 1. The summed E-state index contributed by atoms with van der Waals surface area (Å²) in [5.41, 5.74) is 8.56. The third-order valence-corrected chi connectivity index (χ3v) is 4.87. The molecule has 0 aliphatic heterocycles. The minimum absolute atomic E-state index is 0.0235. The van der Waals surface area contributed by atoms with Crippen LogP contribution in [-0.2, 0) is 13.5 Å². The van der Waals surface area contributed by atoms with E-state index in [4.69, 9.17) is 5.73 Å². The van der Waals surface area contributed by atoms with Gasteiger partial charge in [-0.25, -0.2) is 4.98 Å². The fourth-order valence-electron chi connectivity index (χ4n) is 2.69. The number of amides is 1. The molecule has 6 nitrogen and oxygen atoms in total. The molecule has 2 unspecified atom stereocenters. The van der Waals surface area contributed by atoms with Gasteiger partial charge in [-0.2, -0.15) is 5.10 Å². The molecule has 2 aromatic rings. The standard InChI is InChI=1S/C14H19N5OS/c1-8(15)14-18-11(7-21-14)13(20)17-10-4-3-5-12-9(10)6-16-19(12)2/h6-8,10H,3-5,15H2,1-2H3,(H,17,20). The Kier molecular flexibility index (Phi) is 3.77. The molecule has 0 saturated heterocycles. The van der Waals surface area contributed by atoms with Crippen LogP contribution in [0.15, 0.2) is 11.6 Å². The Morgan fingerprint density at radius 3 is 3.14 bits per heavy atom. The topological polar surface area (TPSA) is 85.8 Å². The SMILES string of the molecule is CC(N)c1nc(C(=O)NC2CCCc3c2cnn3C)cs1. The predicted molar refractivity (Wildman–Crippen MR) is 81.1 cm³/mol. The minimum atomic E-state index is -0.142. The van der Waals surface area contributed by atoms with Gasteiger partial charge in [0.15, 0.2) is 0 Å². The van der Waals surface area contributed by atoms with Crippen molar-refractivity contribution in [3.8, 4) is 0 Å². The van der Waals surface area contributed by atoms with E-state index in [-0.39, 0.29) is 18.0 Å². The maximum atomic E-state index is 12.3. The summed E-state index contributed by atoms with van der Waals surface area (Å²) >= 11 is 1.42. The zero-order valence-corrected chi connectivity index (χ0v) is 13.0. The van der Waals surface area contributed by atoms with E-state index in [9.17, 15) is 4.79 Å². The van der Waals surface area contributed by atoms with E-state index in [1.165, 1.54) is 17.0 Å². The van der Waals surface area contributed by atoms with Crippen LogP contribution in [0.3, 0.4) is 0 Å². The summed E-state index contributed by atoms with van der Waals surface area (Å²) in [5.74, 6) is -0.139. The summed E-state index contributed by atoms with van der Waals surface area (Å²) in [6.07, 6.45) is 4.87. The Morgan fingerprint density at radius 1 is 1.62 bits per heavy atom. The number of aryl methyl sites for hydroxylation is 1. The number of carbonyl (C=O) groups is 1. The highest BCUT2D eigenvalue weighted by molar-refractivity contribution is 7.09. The van der Waals surface area contributed by atoms with Crippen LogP contribution in [-0.4, -0.2) is 20.7 Å². The van der Waals surface area contributed by atoms with Gasteiger partial charge in [0.05, 0.1) is 18.3 Å². The molecule has 0 radical (unpaired) electrons. The molecule has 1 amide bonds. The maximum absolute atomic E-state index is 12.3. The first kappa shape index (κ1) is 14.2. The lowest BCUT2D eigenvalue weighted by atomic mass is 9.93. The van der Waals surface area contributed by atoms with E-state index in [1.54, 1.807) is 5.38 Å². The minimum Gasteiger partial charge on any atom is -0.344 e. The number of hydrogen-bond acceptors (Lipinski definition) is 5. The van der Waals surface area contributed by atoms with Crippen molar-refractivity contribution in [1.82, 2.24) is 20.1 Å². The first-order valence-electron chi connectivity index (χ1n) is 7.09. The zero-order chi connectivity index (χ0) is 15.0. The van der Waals surface area contributed by atoms with Gasteiger partial charge in [0.2, 0.25) is 0 Å². The Bertz CT molecular complexity index is 660. The van der Waals surface area contributed by atoms with Crippen LogP contribution in [0, 0.1) is 0 Å². The highest BCUT2D eigenvalue weighted by Crippen LogP contribution is 2.29. The van der Waals surface area contributed by atoms with Crippen LogP contribution in [0.2, 0.25) is 0 Å². The lowest BCUT2D eigenvalue weighted by Gasteiger charge is -2.23. The van der Waals surface area contributed by atoms with Crippen LogP contribution in [0.1, 0.15) is 58.6 Å². The third-order valence-electron chi connectivity index (χ3n) is 3.83. The van der Waals surface area contributed by atoms with Crippen LogP contribution in [0.5, 0.6) is 0 Å². The molecule has 0 aromatic carbocycles. The van der Waals surface area contributed by atoms with E-state index < -0.39 is 0 Å². The second kappa shape index (κ2) is 5.57. The fourth-order valence-corrected chi connectivity index (χ4v) is 3.45. The molecule has 112 valence electrons. The Labute approximate surface area is 127 Å². The van der Waals surface area contributed by atoms with Crippen molar-refractivity contribution in [3.63, 3.8) is 0 Å². The van der Waals surface area contributed by atoms with Crippen LogP contribution in [0.4, 0.5) is 0 Å². The molecular weight excluding hydrogens is 286 g/mol. The molecule has 2 heterocycles. The Hall–Kier alpha value is -1.73. The molecule has 1 aliphatic rings. The highest BCUT2D eigenvalue weighted by Gasteiger charge is 2.25. The number of fused-ring (bicyclic) bond motifs is 1. The van der Waals surface area contributed by atoms with Crippen molar-refractivity contribution in [2.45, 2.75) is 38.3 Å². The second-order valence-electron chi connectivity index (χ2n) is 5.45. The smallest absolute Gasteiger partial charge is 0.271 e. The van der Waals surface area contributed by atoms with Gasteiger partial charge in [-0.15, -0.1) is 11.3 Å². The van der Waals surface area contributed by atoms with Crippen LogP contribution in [0.25, 0.3) is 0 Å². The van der Waals surface area contributed by atoms with Gasteiger partial charge in [-0.1, -0.05) is 0 Å². The molecule has 0 spiro atoms. The average Bonchev–Trinajstić information content (AvgIpc) is 3.07. The van der Waals surface area contributed by atoms with Gasteiger partial charge in [0, 0.05) is 23.7 Å². The van der Waals surface area contributed by atoms with Crippen molar-refractivity contribution in [1.29, 1.82) is 0 Å². The fraction of sp³-hybridized carbons (Fsp3) is 0.500. The molecule has 2 aromatic heterocycles. The molecule has 0 bridgehead atoms. The Morgan fingerprint density at radius 2 is 2.43 bits per heavy atom. The number of hydrogen-bond donors (Lipinski definition) is 2. The molecule has 7 heteroatoms. The summed E-state index contributed by atoms with van der Waals surface area (Å²) in [5, 5.41) is 9.91. The van der Waals surface area contributed by atoms with E-state index in [0.717, 1.165) is 29.8 Å². The number of aromatic nitrogens is 3. The molecular formula is C14H19N5OS. The van der Waals surface area contributed by atoms with Crippen molar-refractivity contribution in [2.75, 3.05) is 0 Å². The molecule has 3 N–H and O–H groups in total. The number of nitrogens with one attached hydrogen (secondary N) is 1. The summed E-state index contributed by atoms with van der Waals surface area (Å²) in [4.78, 5) is 16.6. The Balaban J connectivity index is 1.76. The predicted octanol–water partition coefficient (Wildman–Crippen LogP) is 1.70. The monoisotopic (exact) mass is 305 g/mol. The second-order valence-corrected chi connectivity index (χ2v) is 6.34. The number of nitrogens with zero attached hydrogens (tertiary/aromatic N) is 3. The van der Waals surface area contributed by atoms with Crippen molar-refractivity contribution in [3.05, 3.63) is 33.5 Å². The lowest BCUT2D eigenvalue weighted by molar-refractivity contribution is 0.0928. The first-order chi connectivity index (χ1) is 10.1. The van der Waals surface area contributed by atoms with Crippen LogP contribution >= 0.6 is 11.3 Å². The quantitative estimate of drug-likeness (QED) is 0.904. The van der Waals surface area contributed by atoms with Crippen LogP contribution < -0.4 is 11.1 Å². The molecule has 1 aliphatic carbocycles. The summed E-state index contributed by atoms with van der Waals surface area (Å²) in [6.45, 7) is 1.86. The van der Waals surface area contributed by atoms with E-state index >= 15 is 0 Å². The summed E-state index contributed by atoms with van der Waals surface area (Å²) in [6, 6.07) is -0.119. The number of nitrogens with two attached hydrogens (primary N) is 1. The molecule has 21 heavy (non-hydrogen) atoms. The van der Waals surface area contributed by atoms with Crippen molar-refractivity contribution >= 4 is 17.2 Å². The van der Waals surface area contributed by atoms with E-state index in [1.807, 2.05) is 24.9 Å². The van der Waals surface area contributed by atoms with E-state index in [2.05, 4.69) is 15.4 Å². The average molecular weight is 305 g/mol. The first-order valence-corrected chi connectivity index (χ1v) is 7.97. The summed E-state index contributed by atoms with van der Waals surface area (Å²) in [7, 11) is 1.94. The number of carbonyl (C=O) groups excluding carboxylic acids is 1. The highest BCUT2D eigenvalue weighted by atomic mass is 32.1. The van der Waals surface area contributed by atoms with Gasteiger partial charge in [0.25, 0.3) is 5.91 Å². The molecule has 2 atom stereocenters. The summed E-state index contributed by atoms with van der Waals surface area (Å²) < 4.78 is 1.89. The molecule has 0 saturated carbocycles.